The normalized spacial score (nSPS) is 12.3. The molecule has 1 heterocycles. The van der Waals surface area contributed by atoms with E-state index in [1.54, 1.807) is 36.4 Å². The molecule has 0 aliphatic rings. The zero-order valence-electron chi connectivity index (χ0n) is 13.7. The van der Waals surface area contributed by atoms with Gasteiger partial charge in [-0.2, -0.15) is 0 Å². The number of imidazole rings is 1. The fraction of sp³-hybridized carbons (Fsp3) is 0.211. The third-order valence-corrected chi connectivity index (χ3v) is 6.37. The number of halogens is 4. The monoisotopic (exact) mass is 428 g/mol. The topological polar surface area (TPSA) is 17.8 Å². The number of hydrogen-bond acceptors (Lipinski definition) is 2. The van der Waals surface area contributed by atoms with Gasteiger partial charge in [-0.1, -0.05) is 46.9 Å². The number of hydrogen-bond donors (Lipinski definition) is 0. The Labute approximate surface area is 171 Å². The second-order valence-electron chi connectivity index (χ2n) is 5.86. The first-order chi connectivity index (χ1) is 12.5. The third kappa shape index (κ3) is 5.40. The van der Waals surface area contributed by atoms with Gasteiger partial charge in [0.15, 0.2) is 0 Å². The summed E-state index contributed by atoms with van der Waals surface area (Å²) in [6, 6.07) is 10.1. The van der Waals surface area contributed by atoms with Crippen LogP contribution in [0.4, 0.5) is 4.39 Å². The summed E-state index contributed by atoms with van der Waals surface area (Å²) in [5, 5.41) is 1.75. The van der Waals surface area contributed by atoms with E-state index in [1.165, 1.54) is 12.1 Å². The molecular weight excluding hydrogens is 414 g/mol. The molecule has 7 heteroatoms. The molecule has 0 spiro atoms. The summed E-state index contributed by atoms with van der Waals surface area (Å²) in [7, 11) is 0. The summed E-state index contributed by atoms with van der Waals surface area (Å²) in [5.41, 5.74) is 1.10. The van der Waals surface area contributed by atoms with Crippen molar-refractivity contribution >= 4 is 46.6 Å². The summed E-state index contributed by atoms with van der Waals surface area (Å²) < 4.78 is 15.1. The van der Waals surface area contributed by atoms with Crippen LogP contribution >= 0.6 is 46.6 Å². The number of aryl methyl sites for hydroxylation is 1. The molecule has 0 amide bonds. The summed E-state index contributed by atoms with van der Waals surface area (Å²) in [6.07, 6.45) is 7.22. The standard InChI is InChI=1S/C19H16Cl3FN2S/c20-16-9-18(22)19(10-17(16)21)26-15(11-25-8-7-24-12-25)6-3-13-1-4-14(23)5-2-13/h1-2,4-5,7-10,12,15H,3,6,11H2. The van der Waals surface area contributed by atoms with Gasteiger partial charge < -0.3 is 4.57 Å². The molecule has 0 saturated heterocycles. The quantitative estimate of drug-likeness (QED) is 0.304. The molecular formula is C19H16Cl3FN2S. The number of thioether (sulfide) groups is 1. The maximum atomic E-state index is 13.1. The van der Waals surface area contributed by atoms with Crippen LogP contribution < -0.4 is 0 Å². The second kappa shape index (κ2) is 9.14. The van der Waals surface area contributed by atoms with Crippen molar-refractivity contribution in [3.8, 4) is 0 Å². The van der Waals surface area contributed by atoms with Crippen LogP contribution in [-0.4, -0.2) is 14.8 Å². The molecule has 0 aliphatic heterocycles. The molecule has 2 aromatic carbocycles. The average Bonchev–Trinajstić information content (AvgIpc) is 3.12. The van der Waals surface area contributed by atoms with Gasteiger partial charge in [0.05, 0.1) is 21.4 Å². The lowest BCUT2D eigenvalue weighted by Crippen LogP contribution is -2.13. The van der Waals surface area contributed by atoms with Gasteiger partial charge in [0.1, 0.15) is 5.82 Å². The first-order valence-corrected chi connectivity index (χ1v) is 10.0. The van der Waals surface area contributed by atoms with Gasteiger partial charge in [-0.3, -0.25) is 0 Å². The van der Waals surface area contributed by atoms with E-state index in [0.29, 0.717) is 15.1 Å². The molecule has 1 unspecified atom stereocenters. The number of benzene rings is 2. The second-order valence-corrected chi connectivity index (χ2v) is 8.43. The van der Waals surface area contributed by atoms with Gasteiger partial charge in [0.2, 0.25) is 0 Å². The lowest BCUT2D eigenvalue weighted by Gasteiger charge is -2.18. The highest BCUT2D eigenvalue weighted by Crippen LogP contribution is 2.38. The molecule has 0 N–H and O–H groups in total. The predicted octanol–water partition coefficient (Wildman–Crippen LogP) is 6.78. The Kier molecular flexibility index (Phi) is 6.87. The Morgan fingerprint density at radius 3 is 2.46 bits per heavy atom. The van der Waals surface area contributed by atoms with Crippen LogP contribution in [0.2, 0.25) is 15.1 Å². The largest absolute Gasteiger partial charge is 0.336 e. The smallest absolute Gasteiger partial charge is 0.123 e. The Bertz CT molecular complexity index is 854. The van der Waals surface area contributed by atoms with Crippen molar-refractivity contribution in [3.63, 3.8) is 0 Å². The zero-order chi connectivity index (χ0) is 18.5. The molecule has 26 heavy (non-hydrogen) atoms. The van der Waals surface area contributed by atoms with E-state index in [-0.39, 0.29) is 11.1 Å². The minimum atomic E-state index is -0.222. The predicted molar refractivity (Wildman–Crippen MR) is 108 cm³/mol. The molecule has 0 fully saturated rings. The molecule has 0 aliphatic carbocycles. The number of rotatable bonds is 7. The molecule has 3 rings (SSSR count). The van der Waals surface area contributed by atoms with Crippen molar-refractivity contribution < 1.29 is 4.39 Å². The van der Waals surface area contributed by atoms with E-state index in [9.17, 15) is 4.39 Å². The minimum absolute atomic E-state index is 0.222. The minimum Gasteiger partial charge on any atom is -0.336 e. The summed E-state index contributed by atoms with van der Waals surface area (Å²) in [4.78, 5) is 4.99. The number of aromatic nitrogens is 2. The highest BCUT2D eigenvalue weighted by atomic mass is 35.5. The molecule has 0 bridgehead atoms. The highest BCUT2D eigenvalue weighted by Gasteiger charge is 2.15. The first-order valence-electron chi connectivity index (χ1n) is 8.02. The van der Waals surface area contributed by atoms with Crippen LogP contribution in [0.25, 0.3) is 0 Å². The zero-order valence-corrected chi connectivity index (χ0v) is 16.8. The van der Waals surface area contributed by atoms with Crippen molar-refractivity contribution in [2.75, 3.05) is 0 Å². The van der Waals surface area contributed by atoms with Crippen LogP contribution in [-0.2, 0) is 13.0 Å². The SMILES string of the molecule is Fc1ccc(CCC(Cn2ccnc2)Sc2cc(Cl)c(Cl)cc2Cl)cc1. The van der Waals surface area contributed by atoms with Crippen molar-refractivity contribution in [2.45, 2.75) is 29.5 Å². The van der Waals surface area contributed by atoms with Crippen molar-refractivity contribution in [3.05, 3.63) is 81.6 Å². The summed E-state index contributed by atoms with van der Waals surface area (Å²) in [5.74, 6) is -0.222. The molecule has 0 radical (unpaired) electrons. The van der Waals surface area contributed by atoms with Crippen LogP contribution in [0.3, 0.4) is 0 Å². The van der Waals surface area contributed by atoms with Crippen molar-refractivity contribution in [2.24, 2.45) is 0 Å². The van der Waals surface area contributed by atoms with E-state index >= 15 is 0 Å². The van der Waals surface area contributed by atoms with E-state index in [2.05, 4.69) is 4.98 Å². The molecule has 0 saturated carbocycles. The van der Waals surface area contributed by atoms with Gasteiger partial charge >= 0.3 is 0 Å². The molecule has 1 atom stereocenters. The van der Waals surface area contributed by atoms with E-state index in [0.717, 1.165) is 29.8 Å². The number of nitrogens with zero attached hydrogens (tertiary/aromatic N) is 2. The van der Waals surface area contributed by atoms with Gasteiger partial charge in [-0.25, -0.2) is 9.37 Å². The van der Waals surface area contributed by atoms with Crippen molar-refractivity contribution in [1.82, 2.24) is 9.55 Å². The van der Waals surface area contributed by atoms with Crippen LogP contribution in [0.5, 0.6) is 0 Å². The Hall–Kier alpha value is -1.20. The molecule has 136 valence electrons. The third-order valence-electron chi connectivity index (χ3n) is 3.91. The van der Waals surface area contributed by atoms with Crippen LogP contribution in [0.1, 0.15) is 12.0 Å². The fourth-order valence-electron chi connectivity index (χ4n) is 2.57. The maximum Gasteiger partial charge on any atom is 0.123 e. The van der Waals surface area contributed by atoms with Crippen LogP contribution in [0.15, 0.2) is 60.0 Å². The lowest BCUT2D eigenvalue weighted by molar-refractivity contribution is 0.618. The van der Waals surface area contributed by atoms with Gasteiger partial charge in [0.25, 0.3) is 0 Å². The Morgan fingerprint density at radius 2 is 1.77 bits per heavy atom. The Balaban J connectivity index is 1.74. The van der Waals surface area contributed by atoms with Crippen LogP contribution in [0, 0.1) is 5.82 Å². The van der Waals surface area contributed by atoms with Crippen molar-refractivity contribution in [1.29, 1.82) is 0 Å². The first kappa shape index (κ1) is 19.6. The summed E-state index contributed by atoms with van der Waals surface area (Å²) >= 11 is 20.2. The van der Waals surface area contributed by atoms with E-state index in [4.69, 9.17) is 34.8 Å². The maximum absolute atomic E-state index is 13.1. The molecule has 3 aromatic rings. The molecule has 1 aromatic heterocycles. The Morgan fingerprint density at radius 1 is 1.04 bits per heavy atom. The lowest BCUT2D eigenvalue weighted by atomic mass is 10.1. The van der Waals surface area contributed by atoms with E-state index in [1.807, 2.05) is 22.9 Å². The summed E-state index contributed by atoms with van der Waals surface area (Å²) in [6.45, 7) is 0.780. The highest BCUT2D eigenvalue weighted by molar-refractivity contribution is 8.00. The van der Waals surface area contributed by atoms with Gasteiger partial charge in [-0.15, -0.1) is 11.8 Å². The fourth-order valence-corrected chi connectivity index (χ4v) is 4.51. The molecule has 2 nitrogen and oxygen atoms in total. The average molecular weight is 430 g/mol. The van der Waals surface area contributed by atoms with E-state index < -0.39 is 0 Å². The van der Waals surface area contributed by atoms with Gasteiger partial charge in [-0.05, 0) is 42.7 Å². The van der Waals surface area contributed by atoms with Gasteiger partial charge in [0, 0.05) is 29.1 Å².